The Morgan fingerprint density at radius 2 is 2.17 bits per heavy atom. The Hall–Kier alpha value is -0.980. The van der Waals surface area contributed by atoms with Gasteiger partial charge in [0.15, 0.2) is 0 Å². The van der Waals surface area contributed by atoms with E-state index < -0.39 is 10.0 Å². The molecular weight excluding hydrogens is 255 g/mol. The Morgan fingerprint density at radius 1 is 1.44 bits per heavy atom. The number of hydrogen-bond acceptors (Lipinski definition) is 3. The molecule has 1 atom stereocenters. The van der Waals surface area contributed by atoms with E-state index in [-0.39, 0.29) is 16.8 Å². The van der Waals surface area contributed by atoms with Crippen molar-refractivity contribution in [1.82, 2.24) is 9.62 Å². The number of nitrogens with zero attached hydrogens (tertiary/aromatic N) is 1. The van der Waals surface area contributed by atoms with Gasteiger partial charge in [-0.05, 0) is 37.6 Å². The molecule has 0 unspecified atom stereocenters. The third kappa shape index (κ3) is 2.55. The van der Waals surface area contributed by atoms with E-state index in [2.05, 4.69) is 5.32 Å². The maximum atomic E-state index is 13.2. The normalized spacial score (nSPS) is 22.1. The summed E-state index contributed by atoms with van der Waals surface area (Å²) in [6.07, 6.45) is 0. The first-order valence-electron chi connectivity index (χ1n) is 5.91. The molecule has 4 nitrogen and oxygen atoms in total. The molecule has 2 rings (SSSR count). The zero-order chi connectivity index (χ0) is 13.3. The second-order valence-corrected chi connectivity index (χ2v) is 6.57. The van der Waals surface area contributed by atoms with Gasteiger partial charge < -0.3 is 5.32 Å². The standard InChI is InChI=1S/C12H17FN2O2S/c1-9-7-11(3-4-12(9)13)18(16,17)15-6-5-14-10(2)8-15/h3-4,7,10,14H,5-6,8H2,1-2H3/t10-/m1/s1. The molecule has 1 aromatic rings. The molecule has 0 bridgehead atoms. The van der Waals surface area contributed by atoms with Crippen molar-refractivity contribution in [3.05, 3.63) is 29.6 Å². The van der Waals surface area contributed by atoms with Crippen LogP contribution in [0.25, 0.3) is 0 Å². The third-order valence-corrected chi connectivity index (χ3v) is 4.96. The SMILES string of the molecule is Cc1cc(S(=O)(=O)N2CCN[C@H](C)C2)ccc1F. The summed E-state index contributed by atoms with van der Waals surface area (Å²) in [5, 5.41) is 3.19. The summed E-state index contributed by atoms with van der Waals surface area (Å²) < 4.78 is 39.4. The molecule has 1 N–H and O–H groups in total. The Kier molecular flexibility index (Phi) is 3.70. The van der Waals surface area contributed by atoms with E-state index in [0.29, 0.717) is 25.2 Å². The molecule has 1 aliphatic rings. The van der Waals surface area contributed by atoms with E-state index in [9.17, 15) is 12.8 Å². The first-order valence-corrected chi connectivity index (χ1v) is 7.35. The highest BCUT2D eigenvalue weighted by molar-refractivity contribution is 7.89. The lowest BCUT2D eigenvalue weighted by molar-refractivity contribution is 0.310. The van der Waals surface area contributed by atoms with Gasteiger partial charge in [0.25, 0.3) is 0 Å². The molecule has 0 aliphatic carbocycles. The van der Waals surface area contributed by atoms with Crippen LogP contribution in [-0.4, -0.2) is 38.4 Å². The molecule has 0 saturated carbocycles. The number of nitrogens with one attached hydrogen (secondary N) is 1. The van der Waals surface area contributed by atoms with Crippen LogP contribution in [0.1, 0.15) is 12.5 Å². The van der Waals surface area contributed by atoms with Crippen molar-refractivity contribution in [2.24, 2.45) is 0 Å². The molecule has 1 saturated heterocycles. The van der Waals surface area contributed by atoms with E-state index in [1.54, 1.807) is 6.92 Å². The minimum atomic E-state index is -3.51. The maximum absolute atomic E-state index is 13.2. The Balaban J connectivity index is 2.32. The highest BCUT2D eigenvalue weighted by atomic mass is 32.2. The number of aryl methyl sites for hydroxylation is 1. The van der Waals surface area contributed by atoms with Gasteiger partial charge in [0.2, 0.25) is 10.0 Å². The predicted molar refractivity (Wildman–Crippen MR) is 67.4 cm³/mol. The van der Waals surface area contributed by atoms with Crippen LogP contribution in [0.5, 0.6) is 0 Å². The zero-order valence-corrected chi connectivity index (χ0v) is 11.3. The van der Waals surface area contributed by atoms with Crippen molar-refractivity contribution in [2.45, 2.75) is 24.8 Å². The molecule has 1 aromatic carbocycles. The van der Waals surface area contributed by atoms with Crippen LogP contribution in [0, 0.1) is 12.7 Å². The largest absolute Gasteiger partial charge is 0.312 e. The first kappa shape index (κ1) is 13.5. The molecule has 18 heavy (non-hydrogen) atoms. The molecule has 100 valence electrons. The van der Waals surface area contributed by atoms with Gasteiger partial charge in [0.05, 0.1) is 4.90 Å². The number of rotatable bonds is 2. The second-order valence-electron chi connectivity index (χ2n) is 4.63. The van der Waals surface area contributed by atoms with E-state index in [1.807, 2.05) is 6.92 Å². The smallest absolute Gasteiger partial charge is 0.243 e. The Morgan fingerprint density at radius 3 is 2.78 bits per heavy atom. The van der Waals surface area contributed by atoms with Crippen LogP contribution >= 0.6 is 0 Å². The van der Waals surface area contributed by atoms with Crippen molar-refractivity contribution in [3.8, 4) is 0 Å². The summed E-state index contributed by atoms with van der Waals surface area (Å²) in [6.45, 7) is 5.04. The number of halogens is 1. The topological polar surface area (TPSA) is 49.4 Å². The second kappa shape index (κ2) is 4.95. The molecule has 0 spiro atoms. The monoisotopic (exact) mass is 272 g/mol. The molecular formula is C12H17FN2O2S. The fraction of sp³-hybridized carbons (Fsp3) is 0.500. The van der Waals surface area contributed by atoms with E-state index in [4.69, 9.17) is 0 Å². The van der Waals surface area contributed by atoms with Gasteiger partial charge in [0.1, 0.15) is 5.82 Å². The number of benzene rings is 1. The molecule has 0 radical (unpaired) electrons. The predicted octanol–water partition coefficient (Wildman–Crippen LogP) is 1.12. The number of sulfonamides is 1. The van der Waals surface area contributed by atoms with E-state index >= 15 is 0 Å². The van der Waals surface area contributed by atoms with Crippen LogP contribution in [0.2, 0.25) is 0 Å². The van der Waals surface area contributed by atoms with Crippen molar-refractivity contribution < 1.29 is 12.8 Å². The lowest BCUT2D eigenvalue weighted by Gasteiger charge is -2.31. The quantitative estimate of drug-likeness (QED) is 0.877. The van der Waals surface area contributed by atoms with Gasteiger partial charge in [-0.2, -0.15) is 4.31 Å². The lowest BCUT2D eigenvalue weighted by atomic mass is 10.2. The highest BCUT2D eigenvalue weighted by Crippen LogP contribution is 2.19. The van der Waals surface area contributed by atoms with Gasteiger partial charge in [-0.25, -0.2) is 12.8 Å². The first-order chi connectivity index (χ1) is 8.41. The van der Waals surface area contributed by atoms with Crippen molar-refractivity contribution in [2.75, 3.05) is 19.6 Å². The van der Waals surface area contributed by atoms with E-state index in [1.165, 1.54) is 22.5 Å². The summed E-state index contributed by atoms with van der Waals surface area (Å²) in [4.78, 5) is 0.163. The van der Waals surface area contributed by atoms with Crippen molar-refractivity contribution >= 4 is 10.0 Å². The maximum Gasteiger partial charge on any atom is 0.243 e. The number of piperazine rings is 1. The van der Waals surface area contributed by atoms with Crippen molar-refractivity contribution in [3.63, 3.8) is 0 Å². The minimum Gasteiger partial charge on any atom is -0.312 e. The summed E-state index contributed by atoms with van der Waals surface area (Å²) >= 11 is 0. The van der Waals surface area contributed by atoms with Crippen LogP contribution < -0.4 is 5.32 Å². The van der Waals surface area contributed by atoms with Gasteiger partial charge in [-0.15, -0.1) is 0 Å². The molecule has 0 amide bonds. The van der Waals surface area contributed by atoms with Crippen molar-refractivity contribution in [1.29, 1.82) is 0 Å². The minimum absolute atomic E-state index is 0.134. The summed E-state index contributed by atoms with van der Waals surface area (Å²) in [5.41, 5.74) is 0.347. The fourth-order valence-corrected chi connectivity index (χ4v) is 3.66. The fourth-order valence-electron chi connectivity index (χ4n) is 2.04. The highest BCUT2D eigenvalue weighted by Gasteiger charge is 2.28. The molecule has 1 fully saturated rings. The average molecular weight is 272 g/mol. The van der Waals surface area contributed by atoms with Crippen LogP contribution in [0.4, 0.5) is 4.39 Å². The van der Waals surface area contributed by atoms with E-state index in [0.717, 1.165) is 0 Å². The Bertz CT molecular complexity index is 545. The molecule has 0 aromatic heterocycles. The summed E-state index contributed by atoms with van der Waals surface area (Å²) in [5.74, 6) is -0.386. The average Bonchev–Trinajstić information content (AvgIpc) is 2.32. The van der Waals surface area contributed by atoms with Gasteiger partial charge in [0, 0.05) is 25.7 Å². The molecule has 1 heterocycles. The third-order valence-electron chi connectivity index (χ3n) is 3.10. The number of hydrogen-bond donors (Lipinski definition) is 1. The summed E-state index contributed by atoms with van der Waals surface area (Å²) in [6, 6.07) is 4.05. The molecule has 6 heteroatoms. The zero-order valence-electron chi connectivity index (χ0n) is 10.5. The van der Waals surface area contributed by atoms with Crippen LogP contribution in [0.15, 0.2) is 23.1 Å². The van der Waals surface area contributed by atoms with Gasteiger partial charge in [-0.1, -0.05) is 0 Å². The molecule has 1 aliphatic heterocycles. The van der Waals surface area contributed by atoms with Gasteiger partial charge >= 0.3 is 0 Å². The van der Waals surface area contributed by atoms with Gasteiger partial charge in [-0.3, -0.25) is 0 Å². The van der Waals surface area contributed by atoms with Crippen LogP contribution in [0.3, 0.4) is 0 Å². The van der Waals surface area contributed by atoms with Crippen LogP contribution in [-0.2, 0) is 10.0 Å². The lowest BCUT2D eigenvalue weighted by Crippen LogP contribution is -2.51. The summed E-state index contributed by atoms with van der Waals surface area (Å²) in [7, 11) is -3.51. The Labute approximate surface area is 107 Å².